The molecule has 2 aromatic heterocycles. The Kier molecular flexibility index (Phi) is 7.54. The average molecular weight is 488 g/mol. The van der Waals surface area contributed by atoms with Crippen molar-refractivity contribution >= 4 is 45.9 Å². The molecule has 0 aliphatic carbocycles. The van der Waals surface area contributed by atoms with Crippen molar-refractivity contribution in [1.82, 2.24) is 14.8 Å². The van der Waals surface area contributed by atoms with Crippen molar-refractivity contribution in [3.63, 3.8) is 0 Å². The zero-order chi connectivity index (χ0) is 24.3. The Morgan fingerprint density at radius 2 is 1.91 bits per heavy atom. The van der Waals surface area contributed by atoms with Crippen LogP contribution < -0.4 is 11.1 Å². The molecule has 1 aromatic carbocycles. The van der Waals surface area contributed by atoms with Gasteiger partial charge in [0.2, 0.25) is 5.91 Å². The second-order valence-corrected chi connectivity index (χ2v) is 9.56. The predicted molar refractivity (Wildman–Crippen MR) is 129 cm³/mol. The highest BCUT2D eigenvalue weighted by Gasteiger charge is 2.26. The first-order valence-corrected chi connectivity index (χ1v) is 11.9. The van der Waals surface area contributed by atoms with Gasteiger partial charge in [-0.25, -0.2) is 4.79 Å². The molecule has 0 aliphatic heterocycles. The van der Waals surface area contributed by atoms with Crippen LogP contribution in [0.3, 0.4) is 0 Å². The summed E-state index contributed by atoms with van der Waals surface area (Å²) >= 11 is 2.17. The van der Waals surface area contributed by atoms with Crippen LogP contribution in [0.5, 0.6) is 0 Å². The van der Waals surface area contributed by atoms with Gasteiger partial charge in [-0.2, -0.15) is 0 Å². The first-order chi connectivity index (χ1) is 15.6. The summed E-state index contributed by atoms with van der Waals surface area (Å²) in [5.41, 5.74) is 7.99. The van der Waals surface area contributed by atoms with E-state index in [2.05, 4.69) is 15.5 Å². The van der Waals surface area contributed by atoms with Gasteiger partial charge in [0.05, 0.1) is 22.3 Å². The van der Waals surface area contributed by atoms with E-state index in [0.717, 1.165) is 22.5 Å². The van der Waals surface area contributed by atoms with Crippen LogP contribution in [-0.4, -0.2) is 44.4 Å². The van der Waals surface area contributed by atoms with Crippen LogP contribution in [0.15, 0.2) is 29.4 Å². The van der Waals surface area contributed by atoms with Crippen molar-refractivity contribution in [2.45, 2.75) is 39.0 Å². The highest BCUT2D eigenvalue weighted by atomic mass is 32.2. The number of anilines is 1. The average Bonchev–Trinajstić information content (AvgIpc) is 3.26. The fourth-order valence-corrected chi connectivity index (χ4v) is 4.92. The van der Waals surface area contributed by atoms with Crippen molar-refractivity contribution in [2.75, 3.05) is 11.1 Å². The summed E-state index contributed by atoms with van der Waals surface area (Å²) in [6.45, 7) is 7.03. The quantitative estimate of drug-likeness (QED) is 0.367. The highest BCUT2D eigenvalue weighted by Crippen LogP contribution is 2.34. The molecular formula is C22H25N5O4S2. The molecule has 174 valence electrons. The molecule has 0 saturated carbocycles. The summed E-state index contributed by atoms with van der Waals surface area (Å²) < 4.78 is 7.09. The normalized spacial score (nSPS) is 11.0. The number of thioether (sulfide) groups is 1. The molecule has 0 aliphatic rings. The van der Waals surface area contributed by atoms with E-state index < -0.39 is 11.9 Å². The van der Waals surface area contributed by atoms with E-state index in [1.54, 1.807) is 20.8 Å². The number of primary amides is 1. The number of ether oxygens (including phenoxy) is 1. The Balaban J connectivity index is 1.76. The van der Waals surface area contributed by atoms with E-state index in [9.17, 15) is 14.4 Å². The molecule has 3 rings (SSSR count). The number of carbonyl (C=O) groups is 3. The van der Waals surface area contributed by atoms with Crippen molar-refractivity contribution in [3.8, 4) is 11.4 Å². The van der Waals surface area contributed by atoms with Gasteiger partial charge in [-0.1, -0.05) is 36.0 Å². The molecule has 3 aromatic rings. The third-order valence-corrected chi connectivity index (χ3v) is 6.97. The Labute approximate surface area is 199 Å². The van der Waals surface area contributed by atoms with Gasteiger partial charge in [-0.15, -0.1) is 21.5 Å². The van der Waals surface area contributed by atoms with E-state index in [-0.39, 0.29) is 33.2 Å². The number of hydrogen-bond acceptors (Lipinski definition) is 8. The number of aromatic nitrogens is 3. The van der Waals surface area contributed by atoms with Gasteiger partial charge >= 0.3 is 5.97 Å². The number of benzene rings is 1. The number of nitrogens with two attached hydrogens (primary N) is 1. The van der Waals surface area contributed by atoms with Gasteiger partial charge in [0.25, 0.3) is 5.91 Å². The van der Waals surface area contributed by atoms with Gasteiger partial charge in [0.15, 0.2) is 11.0 Å². The number of thiophene rings is 1. The lowest BCUT2D eigenvalue weighted by atomic mass is 10.1. The van der Waals surface area contributed by atoms with Crippen molar-refractivity contribution in [2.24, 2.45) is 12.8 Å². The van der Waals surface area contributed by atoms with Crippen LogP contribution in [0, 0.1) is 13.8 Å². The van der Waals surface area contributed by atoms with Gasteiger partial charge in [-0.05, 0) is 38.8 Å². The standard InChI is InChI=1S/C22H25N5O4S2/c1-11(2)31-21(30)16-13(4)17(18(23)29)33-20(16)24-15(28)10-32-22-26-25-19(27(22)5)14-9-7-6-8-12(14)3/h6-9,11H,10H2,1-5H3,(H2,23,29)(H,24,28). The number of aryl methyl sites for hydroxylation is 1. The number of amides is 2. The fourth-order valence-electron chi connectivity index (χ4n) is 3.15. The van der Waals surface area contributed by atoms with Crippen LogP contribution in [-0.2, 0) is 16.6 Å². The molecule has 0 spiro atoms. The maximum absolute atomic E-state index is 12.7. The summed E-state index contributed by atoms with van der Waals surface area (Å²) in [7, 11) is 1.84. The first-order valence-electron chi connectivity index (χ1n) is 10.1. The van der Waals surface area contributed by atoms with Gasteiger partial charge in [0, 0.05) is 12.6 Å². The Morgan fingerprint density at radius 1 is 1.21 bits per heavy atom. The van der Waals surface area contributed by atoms with Crippen molar-refractivity contribution < 1.29 is 19.1 Å². The molecule has 11 heteroatoms. The molecule has 33 heavy (non-hydrogen) atoms. The van der Waals surface area contributed by atoms with E-state index in [4.69, 9.17) is 10.5 Å². The van der Waals surface area contributed by atoms with E-state index >= 15 is 0 Å². The molecule has 2 heterocycles. The highest BCUT2D eigenvalue weighted by molar-refractivity contribution is 7.99. The van der Waals surface area contributed by atoms with Crippen LogP contribution >= 0.6 is 23.1 Å². The Morgan fingerprint density at radius 3 is 2.55 bits per heavy atom. The molecule has 0 saturated heterocycles. The summed E-state index contributed by atoms with van der Waals surface area (Å²) in [5.74, 6) is -0.925. The number of hydrogen-bond donors (Lipinski definition) is 2. The number of rotatable bonds is 8. The zero-order valence-corrected chi connectivity index (χ0v) is 20.6. The largest absolute Gasteiger partial charge is 0.459 e. The zero-order valence-electron chi connectivity index (χ0n) is 19.0. The molecule has 0 fully saturated rings. The number of nitrogens with zero attached hydrogens (tertiary/aromatic N) is 3. The van der Waals surface area contributed by atoms with Gasteiger partial charge in [0.1, 0.15) is 5.00 Å². The van der Waals surface area contributed by atoms with Crippen molar-refractivity contribution in [1.29, 1.82) is 0 Å². The second-order valence-electron chi connectivity index (χ2n) is 7.60. The molecule has 9 nitrogen and oxygen atoms in total. The predicted octanol–water partition coefficient (Wildman–Crippen LogP) is 3.56. The molecule has 0 atom stereocenters. The summed E-state index contributed by atoms with van der Waals surface area (Å²) in [6.07, 6.45) is -0.355. The van der Waals surface area contributed by atoms with Crippen LogP contribution in [0.2, 0.25) is 0 Å². The number of carbonyl (C=O) groups excluding carboxylic acids is 3. The minimum atomic E-state index is -0.672. The molecule has 3 N–H and O–H groups in total. The maximum atomic E-state index is 12.7. The topological polar surface area (TPSA) is 129 Å². The summed E-state index contributed by atoms with van der Waals surface area (Å²) in [5, 5.41) is 12.0. The number of nitrogens with one attached hydrogen (secondary N) is 1. The second kappa shape index (κ2) is 10.2. The molecule has 0 unspecified atom stereocenters. The van der Waals surface area contributed by atoms with Crippen LogP contribution in [0.4, 0.5) is 5.00 Å². The van der Waals surface area contributed by atoms with Crippen molar-refractivity contribution in [3.05, 3.63) is 45.8 Å². The van der Waals surface area contributed by atoms with E-state index in [1.165, 1.54) is 11.8 Å². The Bertz CT molecular complexity index is 1220. The van der Waals surface area contributed by atoms with E-state index in [0.29, 0.717) is 16.5 Å². The lowest BCUT2D eigenvalue weighted by Gasteiger charge is -2.10. The van der Waals surface area contributed by atoms with Crippen LogP contribution in [0.1, 0.15) is 45.0 Å². The molecule has 2 amide bonds. The lowest BCUT2D eigenvalue weighted by Crippen LogP contribution is -2.18. The van der Waals surface area contributed by atoms with Crippen LogP contribution in [0.25, 0.3) is 11.4 Å². The smallest absolute Gasteiger partial charge is 0.341 e. The summed E-state index contributed by atoms with van der Waals surface area (Å²) in [6, 6.07) is 7.85. The van der Waals surface area contributed by atoms with Gasteiger partial charge in [-0.3, -0.25) is 9.59 Å². The monoisotopic (exact) mass is 487 g/mol. The maximum Gasteiger partial charge on any atom is 0.341 e. The third kappa shape index (κ3) is 5.42. The molecular weight excluding hydrogens is 462 g/mol. The molecule has 0 bridgehead atoms. The SMILES string of the molecule is Cc1ccccc1-c1nnc(SCC(=O)Nc2sc(C(N)=O)c(C)c2C(=O)OC(C)C)n1C. The summed E-state index contributed by atoms with van der Waals surface area (Å²) in [4.78, 5) is 37.2. The fraction of sp³-hybridized carbons (Fsp3) is 0.318. The van der Waals surface area contributed by atoms with Gasteiger partial charge < -0.3 is 20.4 Å². The first kappa shape index (κ1) is 24.5. The Hall–Kier alpha value is -3.18. The number of esters is 1. The third-order valence-electron chi connectivity index (χ3n) is 4.72. The minimum absolute atomic E-state index is 0.0290. The lowest BCUT2D eigenvalue weighted by molar-refractivity contribution is -0.113. The molecule has 0 radical (unpaired) electrons. The minimum Gasteiger partial charge on any atom is -0.459 e. The van der Waals surface area contributed by atoms with E-state index in [1.807, 2.05) is 42.8 Å².